The van der Waals surface area contributed by atoms with Crippen LogP contribution in [-0.2, 0) is 11.2 Å². The smallest absolute Gasteiger partial charge is 0.414 e. The number of fused-ring (bicyclic) bond motifs is 1. The molecule has 1 amide bonds. The van der Waals surface area contributed by atoms with E-state index >= 15 is 0 Å². The molecular formula is C14H19NO2. The van der Waals surface area contributed by atoms with Crippen molar-refractivity contribution in [2.75, 3.05) is 11.5 Å². The first-order valence-electron chi connectivity index (χ1n) is 6.13. The molecule has 0 saturated carbocycles. The molecule has 92 valence electrons. The molecule has 1 aliphatic heterocycles. The maximum Gasteiger partial charge on any atom is 0.414 e. The highest BCUT2D eigenvalue weighted by molar-refractivity contribution is 5.91. The lowest BCUT2D eigenvalue weighted by atomic mass is 10.1. The topological polar surface area (TPSA) is 29.5 Å². The number of carbonyl (C=O) groups is 1. The quantitative estimate of drug-likeness (QED) is 0.785. The summed E-state index contributed by atoms with van der Waals surface area (Å²) in [4.78, 5) is 13.8. The zero-order valence-corrected chi connectivity index (χ0v) is 10.6. The van der Waals surface area contributed by atoms with Gasteiger partial charge in [0.2, 0.25) is 0 Å². The molecule has 0 saturated heterocycles. The van der Waals surface area contributed by atoms with Crippen molar-refractivity contribution < 1.29 is 9.53 Å². The van der Waals surface area contributed by atoms with E-state index < -0.39 is 0 Å². The summed E-state index contributed by atoms with van der Waals surface area (Å²) in [5.74, 6) is 0.368. The van der Waals surface area contributed by atoms with E-state index in [1.165, 1.54) is 5.56 Å². The standard InChI is InChI=1S/C14H19NO2/c1-10(2)9-17-14(16)15-11(3)8-12-6-4-5-7-13(12)15/h4-7,10-11H,8-9H2,1-3H3/t11-/m0/s1. The molecule has 0 spiro atoms. The summed E-state index contributed by atoms with van der Waals surface area (Å²) in [6.07, 6.45) is 0.684. The zero-order chi connectivity index (χ0) is 12.4. The van der Waals surface area contributed by atoms with Gasteiger partial charge in [-0.1, -0.05) is 32.0 Å². The molecule has 1 aromatic rings. The number of nitrogens with zero attached hydrogens (tertiary/aromatic N) is 1. The predicted molar refractivity (Wildman–Crippen MR) is 68.3 cm³/mol. The molecule has 1 heterocycles. The van der Waals surface area contributed by atoms with Crippen molar-refractivity contribution in [2.45, 2.75) is 33.2 Å². The van der Waals surface area contributed by atoms with E-state index in [-0.39, 0.29) is 12.1 Å². The molecule has 17 heavy (non-hydrogen) atoms. The van der Waals surface area contributed by atoms with E-state index in [0.717, 1.165) is 12.1 Å². The molecule has 0 aliphatic carbocycles. The van der Waals surface area contributed by atoms with Gasteiger partial charge in [0.15, 0.2) is 0 Å². The molecule has 3 heteroatoms. The van der Waals surface area contributed by atoms with Gasteiger partial charge in [-0.15, -0.1) is 0 Å². The minimum absolute atomic E-state index is 0.187. The fourth-order valence-corrected chi connectivity index (χ4v) is 2.15. The molecule has 1 aliphatic rings. The Morgan fingerprint density at radius 2 is 2.18 bits per heavy atom. The van der Waals surface area contributed by atoms with Crippen LogP contribution in [0.25, 0.3) is 0 Å². The van der Waals surface area contributed by atoms with Crippen LogP contribution < -0.4 is 4.90 Å². The van der Waals surface area contributed by atoms with E-state index in [1.54, 1.807) is 4.90 Å². The number of anilines is 1. The predicted octanol–water partition coefficient (Wildman–Crippen LogP) is 3.23. The zero-order valence-electron chi connectivity index (χ0n) is 10.6. The van der Waals surface area contributed by atoms with E-state index in [4.69, 9.17) is 4.74 Å². The molecule has 1 aromatic carbocycles. The van der Waals surface area contributed by atoms with E-state index in [1.807, 2.05) is 32.0 Å². The van der Waals surface area contributed by atoms with Crippen molar-refractivity contribution in [1.29, 1.82) is 0 Å². The maximum absolute atomic E-state index is 12.0. The maximum atomic E-state index is 12.0. The van der Waals surface area contributed by atoms with Crippen molar-refractivity contribution in [3.05, 3.63) is 29.8 Å². The highest BCUT2D eigenvalue weighted by atomic mass is 16.6. The largest absolute Gasteiger partial charge is 0.449 e. The first-order chi connectivity index (χ1) is 8.09. The van der Waals surface area contributed by atoms with Crippen molar-refractivity contribution >= 4 is 11.8 Å². The third kappa shape index (κ3) is 2.43. The number of para-hydroxylation sites is 1. The number of hydrogen-bond donors (Lipinski definition) is 0. The highest BCUT2D eigenvalue weighted by Crippen LogP contribution is 2.32. The Kier molecular flexibility index (Phi) is 3.36. The van der Waals surface area contributed by atoms with Crippen molar-refractivity contribution in [2.24, 2.45) is 5.92 Å². The van der Waals surface area contributed by atoms with Crippen LogP contribution in [0.5, 0.6) is 0 Å². The van der Waals surface area contributed by atoms with E-state index in [0.29, 0.717) is 12.5 Å². The summed E-state index contributed by atoms with van der Waals surface area (Å²) in [7, 11) is 0. The van der Waals surface area contributed by atoms with Crippen LogP contribution in [0.1, 0.15) is 26.3 Å². The Morgan fingerprint density at radius 1 is 1.47 bits per heavy atom. The third-order valence-electron chi connectivity index (χ3n) is 2.94. The molecule has 1 atom stereocenters. The summed E-state index contributed by atoms with van der Waals surface area (Å²) in [5.41, 5.74) is 2.22. The van der Waals surface area contributed by atoms with Gasteiger partial charge in [-0.25, -0.2) is 4.79 Å². The molecule has 2 rings (SSSR count). The van der Waals surface area contributed by atoms with E-state index in [2.05, 4.69) is 13.0 Å². The first-order valence-corrected chi connectivity index (χ1v) is 6.13. The van der Waals surface area contributed by atoms with Crippen LogP contribution in [0.4, 0.5) is 10.5 Å². The van der Waals surface area contributed by atoms with Crippen LogP contribution in [0.3, 0.4) is 0 Å². The van der Waals surface area contributed by atoms with Crippen LogP contribution in [-0.4, -0.2) is 18.7 Å². The second-order valence-electron chi connectivity index (χ2n) is 5.02. The molecule has 0 aromatic heterocycles. The molecular weight excluding hydrogens is 214 g/mol. The van der Waals surface area contributed by atoms with Gasteiger partial charge in [-0.2, -0.15) is 0 Å². The van der Waals surface area contributed by atoms with Crippen molar-refractivity contribution in [1.82, 2.24) is 0 Å². The van der Waals surface area contributed by atoms with Gasteiger partial charge in [0.25, 0.3) is 0 Å². The van der Waals surface area contributed by atoms with Gasteiger partial charge in [0.05, 0.1) is 12.3 Å². The number of amides is 1. The number of ether oxygens (including phenoxy) is 1. The van der Waals surface area contributed by atoms with Crippen molar-refractivity contribution in [3.63, 3.8) is 0 Å². The Balaban J connectivity index is 2.13. The fraction of sp³-hybridized carbons (Fsp3) is 0.500. The summed E-state index contributed by atoms with van der Waals surface area (Å²) in [6, 6.07) is 8.21. The van der Waals surface area contributed by atoms with Crippen LogP contribution in [0, 0.1) is 5.92 Å². The van der Waals surface area contributed by atoms with Crippen LogP contribution in [0.2, 0.25) is 0 Å². The summed E-state index contributed by atoms with van der Waals surface area (Å²) in [5, 5.41) is 0. The Bertz CT molecular complexity index is 414. The minimum atomic E-state index is -0.226. The summed E-state index contributed by atoms with van der Waals surface area (Å²) in [6.45, 7) is 6.60. The van der Waals surface area contributed by atoms with E-state index in [9.17, 15) is 4.79 Å². The Labute approximate surface area is 102 Å². The van der Waals surface area contributed by atoms with Gasteiger partial charge >= 0.3 is 6.09 Å². The van der Waals surface area contributed by atoms with Gasteiger partial charge < -0.3 is 4.74 Å². The molecule has 0 bridgehead atoms. The molecule has 0 unspecified atom stereocenters. The summed E-state index contributed by atoms with van der Waals surface area (Å²) < 4.78 is 5.30. The van der Waals surface area contributed by atoms with Crippen LogP contribution in [0.15, 0.2) is 24.3 Å². The lowest BCUT2D eigenvalue weighted by Gasteiger charge is -2.22. The lowest BCUT2D eigenvalue weighted by molar-refractivity contribution is 0.139. The first kappa shape index (κ1) is 12.0. The molecule has 0 radical (unpaired) electrons. The second-order valence-corrected chi connectivity index (χ2v) is 5.02. The average Bonchev–Trinajstić information content (AvgIpc) is 2.61. The van der Waals surface area contributed by atoms with Gasteiger partial charge in [0, 0.05) is 6.04 Å². The molecule has 0 N–H and O–H groups in total. The molecule has 3 nitrogen and oxygen atoms in total. The lowest BCUT2D eigenvalue weighted by Crippen LogP contribution is -2.36. The van der Waals surface area contributed by atoms with Gasteiger partial charge in [0.1, 0.15) is 0 Å². The minimum Gasteiger partial charge on any atom is -0.449 e. The van der Waals surface area contributed by atoms with Gasteiger partial charge in [-0.3, -0.25) is 4.90 Å². The van der Waals surface area contributed by atoms with Crippen molar-refractivity contribution in [3.8, 4) is 0 Å². The van der Waals surface area contributed by atoms with Gasteiger partial charge in [-0.05, 0) is 30.9 Å². The SMILES string of the molecule is CC(C)COC(=O)N1c2ccccc2C[C@@H]1C. The Hall–Kier alpha value is -1.51. The average molecular weight is 233 g/mol. The number of rotatable bonds is 2. The summed E-state index contributed by atoms with van der Waals surface area (Å²) >= 11 is 0. The second kappa shape index (κ2) is 4.78. The van der Waals surface area contributed by atoms with Crippen LogP contribution >= 0.6 is 0 Å². The number of carbonyl (C=O) groups excluding carboxylic acids is 1. The molecule has 0 fully saturated rings. The third-order valence-corrected chi connectivity index (χ3v) is 2.94. The fourth-order valence-electron chi connectivity index (χ4n) is 2.15. The number of hydrogen-bond acceptors (Lipinski definition) is 2. The monoisotopic (exact) mass is 233 g/mol. The normalized spacial score (nSPS) is 18.4. The number of benzene rings is 1. The highest BCUT2D eigenvalue weighted by Gasteiger charge is 2.31. The Morgan fingerprint density at radius 3 is 2.88 bits per heavy atom.